The van der Waals surface area contributed by atoms with Crippen molar-refractivity contribution < 1.29 is 13.8 Å². The molecule has 1 unspecified atom stereocenters. The minimum absolute atomic E-state index is 0.638. The molecule has 1 aromatic carbocycles. The van der Waals surface area contributed by atoms with Gasteiger partial charge in [0.15, 0.2) is 0 Å². The quantitative estimate of drug-likeness (QED) is 0.722. The van der Waals surface area contributed by atoms with Gasteiger partial charge >= 0.3 is 0 Å². The van der Waals surface area contributed by atoms with E-state index < -0.39 is 8.03 Å². The molecule has 14 heavy (non-hydrogen) atoms. The van der Waals surface area contributed by atoms with E-state index in [1.165, 1.54) is 7.11 Å². The highest BCUT2D eigenvalue weighted by atomic mass is 31.1. The van der Waals surface area contributed by atoms with E-state index >= 15 is 0 Å². The minimum Gasteiger partial charge on any atom is -0.496 e. The summed E-state index contributed by atoms with van der Waals surface area (Å²) in [6, 6.07) is 3.74. The van der Waals surface area contributed by atoms with Gasteiger partial charge in [-0.05, 0) is 37.1 Å². The Hall–Kier alpha value is -0.790. The maximum Gasteiger partial charge on any atom is 0.224 e. The van der Waals surface area contributed by atoms with Gasteiger partial charge in [-0.15, -0.1) is 0 Å². The number of hydrogen-bond donors (Lipinski definition) is 0. The Kier molecular flexibility index (Phi) is 3.73. The van der Waals surface area contributed by atoms with Crippen molar-refractivity contribution in [3.05, 3.63) is 23.3 Å². The molecule has 0 radical (unpaired) electrons. The summed E-state index contributed by atoms with van der Waals surface area (Å²) in [7, 11) is 0.846. The summed E-state index contributed by atoms with van der Waals surface area (Å²) in [5, 5.41) is 0.656. The van der Waals surface area contributed by atoms with Crippen LogP contribution in [0.4, 0.5) is 0 Å². The fourth-order valence-electron chi connectivity index (χ4n) is 1.23. The zero-order valence-corrected chi connectivity index (χ0v) is 9.88. The van der Waals surface area contributed by atoms with Crippen LogP contribution in [0.15, 0.2) is 12.1 Å². The summed E-state index contributed by atoms with van der Waals surface area (Å²) in [5.74, 6) is 0.638. The van der Waals surface area contributed by atoms with Crippen LogP contribution in [0.3, 0.4) is 0 Å². The van der Waals surface area contributed by atoms with Crippen LogP contribution in [0.5, 0.6) is 5.75 Å². The maximum atomic E-state index is 11.5. The van der Waals surface area contributed by atoms with E-state index in [1.54, 1.807) is 7.11 Å². The first-order valence-corrected chi connectivity index (χ1v) is 5.65. The third-order valence-corrected chi connectivity index (χ3v) is 3.42. The zero-order valence-electron chi connectivity index (χ0n) is 8.88. The molecule has 0 N–H and O–H groups in total. The van der Waals surface area contributed by atoms with E-state index in [9.17, 15) is 4.57 Å². The molecular formula is C10H15O3P. The molecule has 78 valence electrons. The zero-order chi connectivity index (χ0) is 10.7. The van der Waals surface area contributed by atoms with Crippen molar-refractivity contribution in [2.75, 3.05) is 14.2 Å². The van der Waals surface area contributed by atoms with Crippen LogP contribution in [0.1, 0.15) is 11.1 Å². The van der Waals surface area contributed by atoms with Gasteiger partial charge in [0.1, 0.15) is 5.75 Å². The van der Waals surface area contributed by atoms with Gasteiger partial charge in [-0.1, -0.05) is 0 Å². The summed E-state index contributed by atoms with van der Waals surface area (Å²) in [4.78, 5) is 0. The standard InChI is InChI=1S/C10H15O3P/c1-7-5-9(12-3)10(6-8(7)2)14(11)13-4/h5-6,14H,1-4H3. The lowest BCUT2D eigenvalue weighted by Gasteiger charge is -2.10. The van der Waals surface area contributed by atoms with Crippen molar-refractivity contribution in [3.8, 4) is 5.75 Å². The van der Waals surface area contributed by atoms with Gasteiger partial charge in [0, 0.05) is 7.11 Å². The summed E-state index contributed by atoms with van der Waals surface area (Å²) in [6.07, 6.45) is 0. The number of methoxy groups -OCH3 is 1. The lowest BCUT2D eigenvalue weighted by Crippen LogP contribution is -2.05. The molecular weight excluding hydrogens is 199 g/mol. The molecule has 3 nitrogen and oxygen atoms in total. The van der Waals surface area contributed by atoms with Gasteiger partial charge in [-0.3, -0.25) is 4.57 Å². The molecule has 4 heteroatoms. The normalized spacial score (nSPS) is 12.6. The first-order valence-electron chi connectivity index (χ1n) is 4.33. The average molecular weight is 214 g/mol. The third-order valence-electron chi connectivity index (χ3n) is 2.22. The number of rotatable bonds is 3. The van der Waals surface area contributed by atoms with E-state index in [1.807, 2.05) is 26.0 Å². The summed E-state index contributed by atoms with van der Waals surface area (Å²) >= 11 is 0. The largest absolute Gasteiger partial charge is 0.496 e. The lowest BCUT2D eigenvalue weighted by atomic mass is 10.1. The van der Waals surface area contributed by atoms with Gasteiger partial charge in [0.05, 0.1) is 12.4 Å². The SMILES string of the molecule is COc1cc(C)c(C)cc1[PH](=O)OC. The minimum atomic E-state index is -2.16. The highest BCUT2D eigenvalue weighted by Gasteiger charge is 2.11. The van der Waals surface area contributed by atoms with Crippen molar-refractivity contribution in [3.63, 3.8) is 0 Å². The first kappa shape index (κ1) is 11.3. The maximum absolute atomic E-state index is 11.5. The summed E-state index contributed by atoms with van der Waals surface area (Å²) in [5.41, 5.74) is 2.22. The monoisotopic (exact) mass is 214 g/mol. The Morgan fingerprint density at radius 2 is 1.71 bits per heavy atom. The van der Waals surface area contributed by atoms with Gasteiger partial charge in [0.2, 0.25) is 8.03 Å². The number of hydrogen-bond acceptors (Lipinski definition) is 3. The molecule has 0 amide bonds. The molecule has 0 aliphatic carbocycles. The van der Waals surface area contributed by atoms with Crippen LogP contribution in [-0.4, -0.2) is 14.2 Å². The van der Waals surface area contributed by atoms with Crippen LogP contribution in [0.25, 0.3) is 0 Å². The van der Waals surface area contributed by atoms with Crippen molar-refractivity contribution in [1.29, 1.82) is 0 Å². The Morgan fingerprint density at radius 3 is 2.21 bits per heavy atom. The molecule has 1 atom stereocenters. The van der Waals surface area contributed by atoms with Crippen molar-refractivity contribution in [2.24, 2.45) is 0 Å². The predicted molar refractivity (Wildman–Crippen MR) is 58.1 cm³/mol. The van der Waals surface area contributed by atoms with E-state index in [-0.39, 0.29) is 0 Å². The van der Waals surface area contributed by atoms with Crippen LogP contribution >= 0.6 is 8.03 Å². The second-order valence-electron chi connectivity index (χ2n) is 3.13. The molecule has 0 spiro atoms. The third kappa shape index (κ3) is 2.17. The van der Waals surface area contributed by atoms with E-state index in [0.717, 1.165) is 11.1 Å². The Balaban J connectivity index is 3.27. The highest BCUT2D eigenvalue weighted by molar-refractivity contribution is 7.48. The number of ether oxygens (including phenoxy) is 1. The molecule has 1 aromatic rings. The Morgan fingerprint density at radius 1 is 1.14 bits per heavy atom. The van der Waals surface area contributed by atoms with E-state index in [4.69, 9.17) is 9.26 Å². The highest BCUT2D eigenvalue weighted by Crippen LogP contribution is 2.28. The van der Waals surface area contributed by atoms with Crippen molar-refractivity contribution in [2.45, 2.75) is 13.8 Å². The molecule has 0 fully saturated rings. The van der Waals surface area contributed by atoms with Crippen LogP contribution in [-0.2, 0) is 9.09 Å². The van der Waals surface area contributed by atoms with Gasteiger partial charge in [-0.2, -0.15) is 0 Å². The molecule has 0 aromatic heterocycles. The van der Waals surface area contributed by atoms with Crippen LogP contribution in [0, 0.1) is 13.8 Å². The van der Waals surface area contributed by atoms with E-state index in [2.05, 4.69) is 0 Å². The fourth-order valence-corrected chi connectivity index (χ4v) is 2.16. The molecule has 0 heterocycles. The van der Waals surface area contributed by atoms with E-state index in [0.29, 0.717) is 11.1 Å². The average Bonchev–Trinajstić information content (AvgIpc) is 2.20. The molecule has 0 saturated carbocycles. The van der Waals surface area contributed by atoms with Crippen molar-refractivity contribution in [1.82, 2.24) is 0 Å². The van der Waals surface area contributed by atoms with Crippen molar-refractivity contribution >= 4 is 13.3 Å². The summed E-state index contributed by atoms with van der Waals surface area (Å²) < 4.78 is 21.5. The molecule has 1 rings (SSSR count). The van der Waals surface area contributed by atoms with Gasteiger partial charge in [0.25, 0.3) is 0 Å². The van der Waals surface area contributed by atoms with Gasteiger partial charge in [-0.25, -0.2) is 0 Å². The molecule has 0 bridgehead atoms. The van der Waals surface area contributed by atoms with Crippen LogP contribution in [0.2, 0.25) is 0 Å². The lowest BCUT2D eigenvalue weighted by molar-refractivity contribution is 0.408. The number of aryl methyl sites for hydroxylation is 2. The molecule has 0 aliphatic rings. The van der Waals surface area contributed by atoms with Crippen LogP contribution < -0.4 is 10.0 Å². The topological polar surface area (TPSA) is 35.5 Å². The van der Waals surface area contributed by atoms with Gasteiger partial charge < -0.3 is 9.26 Å². The molecule has 0 saturated heterocycles. The first-order chi connectivity index (χ1) is 6.60. The fraction of sp³-hybridized carbons (Fsp3) is 0.400. The smallest absolute Gasteiger partial charge is 0.224 e. The summed E-state index contributed by atoms with van der Waals surface area (Å²) in [6.45, 7) is 3.97. The molecule has 0 aliphatic heterocycles. The second kappa shape index (κ2) is 4.63. The Bertz CT molecular complexity index is 361. The Labute approximate surface area is 84.9 Å². The predicted octanol–water partition coefficient (Wildman–Crippen LogP) is 2.06. The second-order valence-corrected chi connectivity index (χ2v) is 4.65. The number of benzene rings is 1.